The van der Waals surface area contributed by atoms with Crippen molar-refractivity contribution in [2.75, 3.05) is 25.5 Å². The fraction of sp³-hybridized carbons (Fsp3) is 0.381. The quantitative estimate of drug-likeness (QED) is 0.287. The lowest BCUT2D eigenvalue weighted by molar-refractivity contribution is -0.131. The summed E-state index contributed by atoms with van der Waals surface area (Å²) in [7, 11) is 1.56. The van der Waals surface area contributed by atoms with Crippen molar-refractivity contribution in [3.63, 3.8) is 0 Å². The Balaban J connectivity index is 1.74. The van der Waals surface area contributed by atoms with Gasteiger partial charge in [-0.05, 0) is 26.0 Å². The van der Waals surface area contributed by atoms with E-state index < -0.39 is 30.1 Å². The lowest BCUT2D eigenvalue weighted by Gasteiger charge is -2.22. The summed E-state index contributed by atoms with van der Waals surface area (Å²) in [5, 5.41) is 15.8. The van der Waals surface area contributed by atoms with Crippen molar-refractivity contribution >= 4 is 23.5 Å². The minimum absolute atomic E-state index is 0.00264. The number of halogens is 3. The smallest absolute Gasteiger partial charge is 0.405 e. The van der Waals surface area contributed by atoms with Gasteiger partial charge in [-0.15, -0.1) is 0 Å². The van der Waals surface area contributed by atoms with E-state index in [0.29, 0.717) is 5.56 Å². The van der Waals surface area contributed by atoms with Crippen molar-refractivity contribution in [2.24, 2.45) is 11.1 Å². The van der Waals surface area contributed by atoms with E-state index in [1.165, 1.54) is 29.4 Å². The number of oxazole rings is 1. The molecule has 0 spiro atoms. The van der Waals surface area contributed by atoms with Crippen LogP contribution in [0.4, 0.5) is 19.0 Å². The first-order chi connectivity index (χ1) is 16.3. The largest absolute Gasteiger partial charge is 0.444 e. The summed E-state index contributed by atoms with van der Waals surface area (Å²) < 4.78 is 42.6. The number of anilines is 1. The maximum Gasteiger partial charge on any atom is 0.405 e. The Hall–Kier alpha value is -3.94. The zero-order valence-corrected chi connectivity index (χ0v) is 19.2. The topological polar surface area (TPSA) is 162 Å². The number of amides is 2. The van der Waals surface area contributed by atoms with Gasteiger partial charge in [0.25, 0.3) is 5.91 Å². The molecule has 0 aromatic carbocycles. The monoisotopic (exact) mass is 494 g/mol. The molecular formula is C21H25F3N8O3. The molecule has 2 aromatic rings. The Labute approximate surface area is 198 Å². The minimum Gasteiger partial charge on any atom is -0.444 e. The van der Waals surface area contributed by atoms with Gasteiger partial charge < -0.3 is 26.1 Å². The number of nitrogens with one attached hydrogen (secondary N) is 4. The van der Waals surface area contributed by atoms with Gasteiger partial charge >= 0.3 is 6.18 Å². The first-order valence-electron chi connectivity index (χ1n) is 10.4. The van der Waals surface area contributed by atoms with E-state index in [2.05, 4.69) is 25.9 Å². The Morgan fingerprint density at radius 2 is 2.14 bits per heavy atom. The van der Waals surface area contributed by atoms with Crippen LogP contribution in [0.3, 0.4) is 0 Å². The Morgan fingerprint density at radius 1 is 1.43 bits per heavy atom. The normalized spacial score (nSPS) is 17.9. The molecule has 11 nitrogen and oxygen atoms in total. The fourth-order valence-corrected chi connectivity index (χ4v) is 3.21. The van der Waals surface area contributed by atoms with Crippen LogP contribution in [0.1, 0.15) is 24.3 Å². The highest BCUT2D eigenvalue weighted by molar-refractivity contribution is 6.11. The van der Waals surface area contributed by atoms with Gasteiger partial charge in [0.05, 0.1) is 11.1 Å². The SMILES string of the molecule is CN/C=C(/NC(=O)c1coc(-c2ccnc(NCC(F)(F)F)c2)n1)C(=N)N1CC(N)C(C)(C)C1=O. The van der Waals surface area contributed by atoms with E-state index in [-0.39, 0.29) is 41.4 Å². The summed E-state index contributed by atoms with van der Waals surface area (Å²) in [5.41, 5.74) is 5.32. The maximum absolute atomic E-state index is 12.8. The first-order valence-corrected chi connectivity index (χ1v) is 10.4. The van der Waals surface area contributed by atoms with Gasteiger partial charge in [-0.25, -0.2) is 9.97 Å². The molecule has 0 radical (unpaired) electrons. The number of alkyl halides is 3. The number of nitrogens with zero attached hydrogens (tertiary/aromatic N) is 3. The molecule has 3 heterocycles. The molecule has 0 aliphatic carbocycles. The molecule has 3 rings (SSSR count). The number of pyridine rings is 1. The van der Waals surface area contributed by atoms with Crippen LogP contribution in [0.2, 0.25) is 0 Å². The molecule has 1 fully saturated rings. The van der Waals surface area contributed by atoms with Gasteiger partial charge in [0, 0.05) is 37.6 Å². The third-order valence-corrected chi connectivity index (χ3v) is 5.38. The number of hydrogen-bond acceptors (Lipinski definition) is 9. The fourth-order valence-electron chi connectivity index (χ4n) is 3.21. The Kier molecular flexibility index (Phi) is 7.14. The maximum atomic E-state index is 12.8. The van der Waals surface area contributed by atoms with E-state index >= 15 is 0 Å². The van der Waals surface area contributed by atoms with Crippen molar-refractivity contribution in [1.82, 2.24) is 25.5 Å². The number of carbonyl (C=O) groups is 2. The van der Waals surface area contributed by atoms with Crippen molar-refractivity contribution in [2.45, 2.75) is 26.1 Å². The molecule has 0 bridgehead atoms. The zero-order chi connectivity index (χ0) is 26.0. The first kappa shape index (κ1) is 25.7. The van der Waals surface area contributed by atoms with E-state index in [1.807, 2.05) is 0 Å². The molecule has 188 valence electrons. The van der Waals surface area contributed by atoms with Crippen LogP contribution in [0.15, 0.2) is 40.9 Å². The highest BCUT2D eigenvalue weighted by Crippen LogP contribution is 2.30. The number of amidine groups is 1. The molecule has 2 aromatic heterocycles. The molecule has 1 aliphatic heterocycles. The summed E-state index contributed by atoms with van der Waals surface area (Å²) in [6, 6.07) is 2.26. The lowest BCUT2D eigenvalue weighted by Crippen LogP contribution is -2.41. The predicted octanol–water partition coefficient (Wildman–Crippen LogP) is 1.67. The summed E-state index contributed by atoms with van der Waals surface area (Å²) in [6.07, 6.45) is -0.744. The van der Waals surface area contributed by atoms with Crippen molar-refractivity contribution in [1.29, 1.82) is 5.41 Å². The number of likely N-dealkylation sites (tertiary alicyclic amines) is 1. The molecule has 1 aliphatic rings. The summed E-state index contributed by atoms with van der Waals surface area (Å²) >= 11 is 0. The van der Waals surface area contributed by atoms with Crippen LogP contribution in [-0.4, -0.2) is 64.9 Å². The summed E-state index contributed by atoms with van der Waals surface area (Å²) in [6.45, 7) is 2.22. The van der Waals surface area contributed by atoms with Crippen LogP contribution in [0, 0.1) is 10.8 Å². The van der Waals surface area contributed by atoms with Crippen molar-refractivity contribution in [3.05, 3.63) is 42.2 Å². The van der Waals surface area contributed by atoms with E-state index in [0.717, 1.165) is 6.26 Å². The second-order valence-electron chi connectivity index (χ2n) is 8.33. The molecule has 6 N–H and O–H groups in total. The second kappa shape index (κ2) is 9.74. The average Bonchev–Trinajstić information content (AvgIpc) is 3.36. The van der Waals surface area contributed by atoms with E-state index in [4.69, 9.17) is 15.6 Å². The van der Waals surface area contributed by atoms with Gasteiger partial charge in [-0.1, -0.05) is 0 Å². The third kappa shape index (κ3) is 5.77. The van der Waals surface area contributed by atoms with Crippen LogP contribution in [0.25, 0.3) is 11.5 Å². The second-order valence-corrected chi connectivity index (χ2v) is 8.33. The number of aromatic nitrogens is 2. The lowest BCUT2D eigenvalue weighted by atomic mass is 9.88. The standard InChI is InChI=1S/C21H25F3N8O3/c1-20(2)14(25)8-32(19(20)34)16(26)12(7-27-3)30-17(33)13-9-35-18(31-13)11-4-5-28-15(6-11)29-10-21(22,23)24/h4-7,9,14,26-27H,8,10,25H2,1-3H3,(H,28,29)(H,30,33)/b12-7+,26-16?. The Morgan fingerprint density at radius 3 is 2.74 bits per heavy atom. The van der Waals surface area contributed by atoms with Crippen LogP contribution >= 0.6 is 0 Å². The number of rotatable bonds is 7. The highest BCUT2D eigenvalue weighted by atomic mass is 19.4. The third-order valence-electron chi connectivity index (χ3n) is 5.38. The van der Waals surface area contributed by atoms with Gasteiger partial charge in [0.2, 0.25) is 11.8 Å². The highest BCUT2D eigenvalue weighted by Gasteiger charge is 2.47. The van der Waals surface area contributed by atoms with Crippen LogP contribution in [0.5, 0.6) is 0 Å². The molecule has 0 saturated carbocycles. The molecule has 1 saturated heterocycles. The zero-order valence-electron chi connectivity index (χ0n) is 19.2. The van der Waals surface area contributed by atoms with E-state index in [9.17, 15) is 22.8 Å². The Bertz CT molecular complexity index is 1160. The van der Waals surface area contributed by atoms with Gasteiger partial charge in [-0.2, -0.15) is 13.2 Å². The van der Waals surface area contributed by atoms with Crippen molar-refractivity contribution < 1.29 is 27.2 Å². The summed E-state index contributed by atoms with van der Waals surface area (Å²) in [4.78, 5) is 34.5. The van der Waals surface area contributed by atoms with Crippen LogP contribution < -0.4 is 21.7 Å². The van der Waals surface area contributed by atoms with Gasteiger partial charge in [-0.3, -0.25) is 19.9 Å². The molecule has 1 atom stereocenters. The number of carbonyl (C=O) groups excluding carboxylic acids is 2. The molecule has 35 heavy (non-hydrogen) atoms. The van der Waals surface area contributed by atoms with Crippen LogP contribution in [-0.2, 0) is 4.79 Å². The van der Waals surface area contributed by atoms with Crippen molar-refractivity contribution in [3.8, 4) is 11.5 Å². The average molecular weight is 494 g/mol. The molecule has 2 amide bonds. The minimum atomic E-state index is -4.42. The molecule has 14 heteroatoms. The predicted molar refractivity (Wildman–Crippen MR) is 120 cm³/mol. The van der Waals surface area contributed by atoms with E-state index in [1.54, 1.807) is 20.9 Å². The number of nitrogens with two attached hydrogens (primary N) is 1. The number of hydrogen-bond donors (Lipinski definition) is 5. The summed E-state index contributed by atoms with van der Waals surface area (Å²) in [5.74, 6) is -1.40. The molecule has 1 unspecified atom stereocenters. The van der Waals surface area contributed by atoms with Gasteiger partial charge in [0.1, 0.15) is 18.6 Å². The molecular weight excluding hydrogens is 469 g/mol. The van der Waals surface area contributed by atoms with Gasteiger partial charge in [0.15, 0.2) is 11.5 Å².